The van der Waals surface area contributed by atoms with Crippen LogP contribution in [0.25, 0.3) is 0 Å². The van der Waals surface area contributed by atoms with Gasteiger partial charge in [-0.15, -0.1) is 12.4 Å². The van der Waals surface area contributed by atoms with Gasteiger partial charge in [-0.05, 0) is 17.7 Å². The van der Waals surface area contributed by atoms with Crippen molar-refractivity contribution in [3.05, 3.63) is 29.8 Å². The van der Waals surface area contributed by atoms with E-state index in [1.165, 1.54) is 0 Å². The van der Waals surface area contributed by atoms with Gasteiger partial charge in [-0.25, -0.2) is 0 Å². The number of carbonyl (C=O) groups excluding carboxylic acids is 1. The van der Waals surface area contributed by atoms with Crippen molar-refractivity contribution in [3.63, 3.8) is 0 Å². The fourth-order valence-corrected chi connectivity index (χ4v) is 1.53. The summed E-state index contributed by atoms with van der Waals surface area (Å²) in [6.45, 7) is 4.77. The molecule has 0 aliphatic rings. The van der Waals surface area contributed by atoms with Crippen LogP contribution in [-0.4, -0.2) is 36.3 Å². The highest BCUT2D eigenvalue weighted by atomic mass is 35.5. The number of nitrogens with one attached hydrogen (secondary N) is 1. The van der Waals surface area contributed by atoms with E-state index < -0.39 is 6.10 Å². The topological polar surface area (TPSA) is 84.6 Å². The van der Waals surface area contributed by atoms with Crippen LogP contribution in [0.1, 0.15) is 19.4 Å². The summed E-state index contributed by atoms with van der Waals surface area (Å²) >= 11 is 0. The van der Waals surface area contributed by atoms with E-state index in [9.17, 15) is 9.90 Å². The fraction of sp³-hybridized carbons (Fsp3) is 0.500. The number of hydrogen-bond acceptors (Lipinski definition) is 4. The van der Waals surface area contributed by atoms with E-state index in [0.29, 0.717) is 18.3 Å². The summed E-state index contributed by atoms with van der Waals surface area (Å²) in [4.78, 5) is 10.7. The third kappa shape index (κ3) is 7.99. The lowest BCUT2D eigenvalue weighted by Gasteiger charge is -2.15. The van der Waals surface area contributed by atoms with E-state index in [1.54, 1.807) is 24.3 Å². The summed E-state index contributed by atoms with van der Waals surface area (Å²) in [6, 6.07) is 7.45. The standard InChI is InChI=1S/C14H22N2O3.ClH/c1-10(2)16-8-12(17)9-19-13-5-3-11(4-6-13)7-14(15)18;/h3-6,10,12,16-17H,7-9H2,1-2H3,(H2,15,18);1H. The molecular weight excluding hydrogens is 280 g/mol. The van der Waals surface area contributed by atoms with Gasteiger partial charge >= 0.3 is 0 Å². The van der Waals surface area contributed by atoms with Gasteiger partial charge in [-0.2, -0.15) is 0 Å². The highest BCUT2D eigenvalue weighted by Crippen LogP contribution is 2.12. The molecule has 0 aliphatic heterocycles. The molecule has 114 valence electrons. The van der Waals surface area contributed by atoms with Crippen LogP contribution >= 0.6 is 12.4 Å². The number of rotatable bonds is 8. The van der Waals surface area contributed by atoms with Crippen LogP contribution in [0.3, 0.4) is 0 Å². The highest BCUT2D eigenvalue weighted by molar-refractivity contribution is 5.85. The van der Waals surface area contributed by atoms with Crippen molar-refractivity contribution in [3.8, 4) is 5.75 Å². The van der Waals surface area contributed by atoms with E-state index in [4.69, 9.17) is 10.5 Å². The molecule has 4 N–H and O–H groups in total. The lowest BCUT2D eigenvalue weighted by Crippen LogP contribution is -2.35. The highest BCUT2D eigenvalue weighted by Gasteiger charge is 2.06. The Morgan fingerprint density at radius 2 is 1.95 bits per heavy atom. The van der Waals surface area contributed by atoms with Crippen molar-refractivity contribution in [2.24, 2.45) is 5.73 Å². The summed E-state index contributed by atoms with van der Waals surface area (Å²) in [5.74, 6) is 0.306. The predicted molar refractivity (Wildman–Crippen MR) is 81.2 cm³/mol. The first-order valence-corrected chi connectivity index (χ1v) is 6.39. The van der Waals surface area contributed by atoms with Crippen LogP contribution in [0.4, 0.5) is 0 Å². The average molecular weight is 303 g/mol. The fourth-order valence-electron chi connectivity index (χ4n) is 1.53. The Balaban J connectivity index is 0.00000361. The normalized spacial score (nSPS) is 11.8. The van der Waals surface area contributed by atoms with E-state index in [-0.39, 0.29) is 31.3 Å². The number of aliphatic hydroxyl groups excluding tert-OH is 1. The van der Waals surface area contributed by atoms with Gasteiger partial charge in [-0.1, -0.05) is 26.0 Å². The lowest BCUT2D eigenvalue weighted by molar-refractivity contribution is -0.117. The number of primary amides is 1. The largest absolute Gasteiger partial charge is 0.491 e. The van der Waals surface area contributed by atoms with Crippen LogP contribution in [0.15, 0.2) is 24.3 Å². The van der Waals surface area contributed by atoms with Gasteiger partial charge in [0.1, 0.15) is 18.5 Å². The summed E-state index contributed by atoms with van der Waals surface area (Å²) in [6.07, 6.45) is -0.325. The molecule has 6 heteroatoms. The van der Waals surface area contributed by atoms with Crippen molar-refractivity contribution < 1.29 is 14.6 Å². The Kier molecular flexibility index (Phi) is 8.96. The number of nitrogens with two attached hydrogens (primary N) is 1. The molecule has 0 fully saturated rings. The molecule has 0 saturated carbocycles. The Morgan fingerprint density at radius 1 is 1.35 bits per heavy atom. The molecule has 1 amide bonds. The number of benzene rings is 1. The van der Waals surface area contributed by atoms with Crippen molar-refractivity contribution >= 4 is 18.3 Å². The molecule has 0 heterocycles. The first kappa shape index (κ1) is 18.7. The smallest absolute Gasteiger partial charge is 0.221 e. The Morgan fingerprint density at radius 3 is 2.45 bits per heavy atom. The first-order chi connectivity index (χ1) is 8.97. The minimum atomic E-state index is -0.548. The van der Waals surface area contributed by atoms with E-state index in [1.807, 2.05) is 13.8 Å². The second-order valence-corrected chi connectivity index (χ2v) is 4.81. The van der Waals surface area contributed by atoms with Gasteiger partial charge in [0.2, 0.25) is 5.91 Å². The second kappa shape index (κ2) is 9.58. The van der Waals surface area contributed by atoms with Crippen molar-refractivity contribution in [1.82, 2.24) is 5.32 Å². The van der Waals surface area contributed by atoms with E-state index in [0.717, 1.165) is 5.56 Å². The number of amides is 1. The lowest BCUT2D eigenvalue weighted by atomic mass is 10.1. The van der Waals surface area contributed by atoms with Gasteiger partial charge in [0.15, 0.2) is 0 Å². The molecule has 0 aliphatic carbocycles. The van der Waals surface area contributed by atoms with Crippen molar-refractivity contribution in [2.45, 2.75) is 32.4 Å². The second-order valence-electron chi connectivity index (χ2n) is 4.81. The molecule has 5 nitrogen and oxygen atoms in total. The van der Waals surface area contributed by atoms with Crippen LogP contribution in [-0.2, 0) is 11.2 Å². The minimum absolute atomic E-state index is 0. The molecule has 0 aromatic heterocycles. The Hall–Kier alpha value is -1.30. The molecule has 1 unspecified atom stereocenters. The van der Waals surface area contributed by atoms with Crippen molar-refractivity contribution in [2.75, 3.05) is 13.2 Å². The Bertz CT molecular complexity index is 396. The number of aliphatic hydroxyl groups is 1. The third-order valence-corrected chi connectivity index (χ3v) is 2.51. The van der Waals surface area contributed by atoms with Gasteiger partial charge in [-0.3, -0.25) is 4.79 Å². The maximum absolute atomic E-state index is 10.7. The van der Waals surface area contributed by atoms with Crippen LogP contribution in [0.2, 0.25) is 0 Å². The maximum Gasteiger partial charge on any atom is 0.221 e. The number of halogens is 1. The number of hydrogen-bond donors (Lipinski definition) is 3. The summed E-state index contributed by atoms with van der Waals surface area (Å²) in [7, 11) is 0. The molecule has 1 atom stereocenters. The van der Waals surface area contributed by atoms with Crippen molar-refractivity contribution in [1.29, 1.82) is 0 Å². The predicted octanol–water partition coefficient (Wildman–Crippen LogP) is 0.874. The Labute approximate surface area is 125 Å². The number of ether oxygens (including phenoxy) is 1. The molecule has 20 heavy (non-hydrogen) atoms. The van der Waals surface area contributed by atoms with Gasteiger partial charge in [0, 0.05) is 12.6 Å². The van der Waals surface area contributed by atoms with Gasteiger partial charge in [0.25, 0.3) is 0 Å². The molecule has 0 radical (unpaired) electrons. The van der Waals surface area contributed by atoms with Crippen LogP contribution < -0.4 is 15.8 Å². The molecular formula is C14H23ClN2O3. The first-order valence-electron chi connectivity index (χ1n) is 6.39. The minimum Gasteiger partial charge on any atom is -0.491 e. The monoisotopic (exact) mass is 302 g/mol. The molecule has 1 aromatic carbocycles. The molecule has 1 rings (SSSR count). The maximum atomic E-state index is 10.7. The van der Waals surface area contributed by atoms with Crippen LogP contribution in [0, 0.1) is 0 Å². The number of carbonyl (C=O) groups is 1. The molecule has 0 bridgehead atoms. The van der Waals surface area contributed by atoms with Gasteiger partial charge in [0.05, 0.1) is 6.42 Å². The summed E-state index contributed by atoms with van der Waals surface area (Å²) < 4.78 is 5.45. The molecule has 0 spiro atoms. The van der Waals surface area contributed by atoms with E-state index >= 15 is 0 Å². The zero-order valence-electron chi connectivity index (χ0n) is 11.8. The zero-order valence-corrected chi connectivity index (χ0v) is 12.7. The SMILES string of the molecule is CC(C)NCC(O)COc1ccc(CC(N)=O)cc1.Cl. The quantitative estimate of drug-likeness (QED) is 0.665. The summed E-state index contributed by atoms with van der Waals surface area (Å²) in [5.41, 5.74) is 5.96. The summed E-state index contributed by atoms with van der Waals surface area (Å²) in [5, 5.41) is 12.8. The van der Waals surface area contributed by atoms with Crippen LogP contribution in [0.5, 0.6) is 5.75 Å². The third-order valence-electron chi connectivity index (χ3n) is 2.51. The van der Waals surface area contributed by atoms with Gasteiger partial charge < -0.3 is 20.9 Å². The average Bonchev–Trinajstić information content (AvgIpc) is 2.35. The molecule has 0 saturated heterocycles. The molecule has 1 aromatic rings. The van der Waals surface area contributed by atoms with E-state index in [2.05, 4.69) is 5.32 Å². The zero-order chi connectivity index (χ0) is 14.3.